The molecule has 0 fully saturated rings. The molecular formula is C11H8N2S. The second-order valence-corrected chi connectivity index (χ2v) is 3.86. The zero-order valence-corrected chi connectivity index (χ0v) is 8.51. The van der Waals surface area contributed by atoms with E-state index in [2.05, 4.69) is 9.83 Å². The molecule has 68 valence electrons. The summed E-state index contributed by atoms with van der Waals surface area (Å²) < 4.78 is 0. The number of benzene rings is 1. The standard InChI is InChI=1S/C11H8N2S/c1-8-10(12-2)14-11(13-8)9-6-4-3-5-7-9/h3-7H,1H3. The fourth-order valence-electron chi connectivity index (χ4n) is 1.20. The van der Waals surface area contributed by atoms with E-state index in [0.717, 1.165) is 16.3 Å². The van der Waals surface area contributed by atoms with Gasteiger partial charge in [-0.25, -0.2) is 4.85 Å². The third-order valence-electron chi connectivity index (χ3n) is 1.89. The molecule has 0 unspecified atom stereocenters. The highest BCUT2D eigenvalue weighted by molar-refractivity contribution is 7.19. The van der Waals surface area contributed by atoms with E-state index in [9.17, 15) is 0 Å². The van der Waals surface area contributed by atoms with Crippen LogP contribution in [0.3, 0.4) is 0 Å². The van der Waals surface area contributed by atoms with Crippen LogP contribution in [0, 0.1) is 13.5 Å². The van der Waals surface area contributed by atoms with Gasteiger partial charge in [-0.05, 0) is 6.92 Å². The summed E-state index contributed by atoms with van der Waals surface area (Å²) in [6.07, 6.45) is 0. The van der Waals surface area contributed by atoms with E-state index in [1.807, 2.05) is 37.3 Å². The van der Waals surface area contributed by atoms with Crippen molar-refractivity contribution in [2.45, 2.75) is 6.92 Å². The van der Waals surface area contributed by atoms with Gasteiger partial charge >= 0.3 is 0 Å². The number of nitrogens with zero attached hydrogens (tertiary/aromatic N) is 2. The summed E-state index contributed by atoms with van der Waals surface area (Å²) in [4.78, 5) is 7.78. The maximum atomic E-state index is 6.96. The number of aryl methyl sites for hydroxylation is 1. The molecule has 0 N–H and O–H groups in total. The Kier molecular flexibility index (Phi) is 2.30. The van der Waals surface area contributed by atoms with Crippen molar-refractivity contribution in [3.63, 3.8) is 0 Å². The van der Waals surface area contributed by atoms with Gasteiger partial charge in [0, 0.05) is 5.56 Å². The Morgan fingerprint density at radius 2 is 2.00 bits per heavy atom. The van der Waals surface area contributed by atoms with Crippen molar-refractivity contribution in [2.24, 2.45) is 0 Å². The highest BCUT2D eigenvalue weighted by Crippen LogP contribution is 2.33. The molecule has 0 saturated carbocycles. The minimum atomic E-state index is 0.684. The molecule has 1 aromatic heterocycles. The molecule has 2 aromatic rings. The summed E-state index contributed by atoms with van der Waals surface area (Å²) >= 11 is 1.45. The topological polar surface area (TPSA) is 17.2 Å². The first kappa shape index (κ1) is 8.92. The molecule has 14 heavy (non-hydrogen) atoms. The molecule has 2 nitrogen and oxygen atoms in total. The van der Waals surface area contributed by atoms with Gasteiger partial charge < -0.3 is 0 Å². The molecular weight excluding hydrogens is 192 g/mol. The number of thiazole rings is 1. The predicted octanol–water partition coefficient (Wildman–Crippen LogP) is 3.67. The minimum Gasteiger partial charge on any atom is -0.254 e. The van der Waals surface area contributed by atoms with Gasteiger partial charge in [0.15, 0.2) is 0 Å². The van der Waals surface area contributed by atoms with Crippen LogP contribution in [0.2, 0.25) is 0 Å². The lowest BCUT2D eigenvalue weighted by atomic mass is 10.2. The van der Waals surface area contributed by atoms with Crippen molar-refractivity contribution in [3.05, 3.63) is 47.4 Å². The van der Waals surface area contributed by atoms with Crippen LogP contribution in [0.1, 0.15) is 5.69 Å². The summed E-state index contributed by atoms with van der Waals surface area (Å²) in [5.74, 6) is 0. The summed E-state index contributed by atoms with van der Waals surface area (Å²) in [5, 5.41) is 1.61. The third-order valence-corrected chi connectivity index (χ3v) is 2.99. The summed E-state index contributed by atoms with van der Waals surface area (Å²) in [6, 6.07) is 9.94. The monoisotopic (exact) mass is 200 g/mol. The molecule has 0 atom stereocenters. The average molecular weight is 200 g/mol. The molecule has 0 bridgehead atoms. The number of rotatable bonds is 1. The maximum absolute atomic E-state index is 6.96. The lowest BCUT2D eigenvalue weighted by Gasteiger charge is -1.92. The van der Waals surface area contributed by atoms with Crippen molar-refractivity contribution in [2.75, 3.05) is 0 Å². The van der Waals surface area contributed by atoms with E-state index >= 15 is 0 Å². The van der Waals surface area contributed by atoms with Crippen molar-refractivity contribution in [1.29, 1.82) is 0 Å². The lowest BCUT2D eigenvalue weighted by molar-refractivity contribution is 1.27. The highest BCUT2D eigenvalue weighted by Gasteiger charge is 2.07. The van der Waals surface area contributed by atoms with Gasteiger partial charge in [0.25, 0.3) is 5.00 Å². The Morgan fingerprint density at radius 1 is 1.29 bits per heavy atom. The number of hydrogen-bond acceptors (Lipinski definition) is 2. The summed E-state index contributed by atoms with van der Waals surface area (Å²) in [7, 11) is 0. The van der Waals surface area contributed by atoms with Crippen molar-refractivity contribution in [3.8, 4) is 10.6 Å². The van der Waals surface area contributed by atoms with Crippen molar-refractivity contribution >= 4 is 16.3 Å². The Balaban J connectivity index is 2.50. The number of aromatic nitrogens is 1. The second-order valence-electron chi connectivity index (χ2n) is 2.89. The molecule has 0 aliphatic rings. The summed E-state index contributed by atoms with van der Waals surface area (Å²) in [5.41, 5.74) is 1.90. The third kappa shape index (κ3) is 1.52. The minimum absolute atomic E-state index is 0.684. The van der Waals surface area contributed by atoms with Gasteiger partial charge in [0.2, 0.25) is 0 Å². The van der Waals surface area contributed by atoms with Crippen LogP contribution in [-0.2, 0) is 0 Å². The molecule has 0 radical (unpaired) electrons. The molecule has 0 aliphatic carbocycles. The molecule has 0 aliphatic heterocycles. The SMILES string of the molecule is [C-]#[N+]c1sc(-c2ccccc2)nc1C. The fraction of sp³-hybridized carbons (Fsp3) is 0.0909. The first-order valence-electron chi connectivity index (χ1n) is 4.21. The van der Waals surface area contributed by atoms with E-state index in [0.29, 0.717) is 5.00 Å². The van der Waals surface area contributed by atoms with E-state index in [4.69, 9.17) is 6.57 Å². The quantitative estimate of drug-likeness (QED) is 0.642. The molecule has 0 saturated heterocycles. The molecule has 0 amide bonds. The molecule has 1 heterocycles. The Morgan fingerprint density at radius 3 is 2.57 bits per heavy atom. The summed E-state index contributed by atoms with van der Waals surface area (Å²) in [6.45, 7) is 8.83. The smallest absolute Gasteiger partial charge is 0.254 e. The van der Waals surface area contributed by atoms with E-state index in [1.165, 1.54) is 11.3 Å². The number of hydrogen-bond donors (Lipinski definition) is 0. The van der Waals surface area contributed by atoms with E-state index in [1.54, 1.807) is 0 Å². The van der Waals surface area contributed by atoms with E-state index in [-0.39, 0.29) is 0 Å². The van der Waals surface area contributed by atoms with Crippen LogP contribution >= 0.6 is 11.3 Å². The predicted molar refractivity (Wildman–Crippen MR) is 58.5 cm³/mol. The zero-order valence-electron chi connectivity index (χ0n) is 7.69. The van der Waals surface area contributed by atoms with Gasteiger partial charge in [-0.3, -0.25) is 4.98 Å². The lowest BCUT2D eigenvalue weighted by Crippen LogP contribution is -1.74. The largest absolute Gasteiger partial charge is 0.263 e. The normalized spacial score (nSPS) is 9.71. The first-order valence-corrected chi connectivity index (χ1v) is 5.03. The van der Waals surface area contributed by atoms with Crippen molar-refractivity contribution in [1.82, 2.24) is 4.98 Å². The second kappa shape index (κ2) is 3.60. The van der Waals surface area contributed by atoms with Crippen LogP contribution in [0.4, 0.5) is 5.00 Å². The Bertz CT molecular complexity index is 480. The van der Waals surface area contributed by atoms with E-state index < -0.39 is 0 Å². The van der Waals surface area contributed by atoms with Crippen molar-refractivity contribution < 1.29 is 0 Å². The highest BCUT2D eigenvalue weighted by atomic mass is 32.1. The van der Waals surface area contributed by atoms with Gasteiger partial charge in [-0.1, -0.05) is 30.3 Å². The van der Waals surface area contributed by atoms with Crippen LogP contribution < -0.4 is 0 Å². The van der Waals surface area contributed by atoms with Crippen LogP contribution in [-0.4, -0.2) is 4.98 Å². The fourth-order valence-corrected chi connectivity index (χ4v) is 2.05. The van der Waals surface area contributed by atoms with Crippen LogP contribution in [0.25, 0.3) is 15.4 Å². The Hall–Kier alpha value is -1.66. The van der Waals surface area contributed by atoms with Crippen LogP contribution in [0.5, 0.6) is 0 Å². The van der Waals surface area contributed by atoms with Gasteiger partial charge in [-0.2, -0.15) is 0 Å². The zero-order chi connectivity index (χ0) is 9.97. The first-order chi connectivity index (χ1) is 6.81. The molecule has 0 spiro atoms. The van der Waals surface area contributed by atoms with Gasteiger partial charge in [0.05, 0.1) is 12.3 Å². The molecule has 1 aromatic carbocycles. The van der Waals surface area contributed by atoms with Gasteiger partial charge in [0.1, 0.15) is 5.01 Å². The molecule has 3 heteroatoms. The van der Waals surface area contributed by atoms with Crippen LogP contribution in [0.15, 0.2) is 30.3 Å². The average Bonchev–Trinajstić information content (AvgIpc) is 2.61. The molecule has 2 rings (SSSR count). The Labute approximate surface area is 86.7 Å². The maximum Gasteiger partial charge on any atom is 0.263 e. The van der Waals surface area contributed by atoms with Gasteiger partial charge in [-0.15, -0.1) is 11.3 Å².